The number of amides is 3. The van der Waals surface area contributed by atoms with Gasteiger partial charge in [0.1, 0.15) is 6.04 Å². The fourth-order valence-corrected chi connectivity index (χ4v) is 3.95. The predicted octanol–water partition coefficient (Wildman–Crippen LogP) is 0.745. The van der Waals surface area contributed by atoms with Gasteiger partial charge >= 0.3 is 6.09 Å². The van der Waals surface area contributed by atoms with Crippen LogP contribution in [0.15, 0.2) is 6.07 Å². The first-order chi connectivity index (χ1) is 10.5. The Balaban J connectivity index is 1.71. The van der Waals surface area contributed by atoms with Crippen molar-refractivity contribution in [1.82, 2.24) is 15.1 Å². The van der Waals surface area contributed by atoms with Gasteiger partial charge in [0.25, 0.3) is 5.91 Å². The molecule has 1 aromatic heterocycles. The summed E-state index contributed by atoms with van der Waals surface area (Å²) in [5, 5.41) is 11.6. The summed E-state index contributed by atoms with van der Waals surface area (Å²) >= 11 is 1.46. The van der Waals surface area contributed by atoms with E-state index < -0.39 is 12.1 Å². The van der Waals surface area contributed by atoms with Crippen molar-refractivity contribution in [2.45, 2.75) is 25.4 Å². The summed E-state index contributed by atoms with van der Waals surface area (Å²) in [7, 11) is 1.59. The molecular formula is C14H17N3O4S. The van der Waals surface area contributed by atoms with Crippen molar-refractivity contribution in [1.29, 1.82) is 0 Å². The highest BCUT2D eigenvalue weighted by atomic mass is 32.1. The fourth-order valence-electron chi connectivity index (χ4n) is 2.84. The standard InChI is InChI=1S/C14H17N3O4S/c1-15-12(18)11-6-8-7-16(4-3-10(8)22-11)13(19)9-2-5-17(9)14(20)21/h6,9H,2-5,7H2,1H3,(H,15,18)(H,20,21)/t9-/m1/s1. The third kappa shape index (κ3) is 2.43. The highest BCUT2D eigenvalue weighted by molar-refractivity contribution is 7.14. The molecule has 3 heterocycles. The van der Waals surface area contributed by atoms with Crippen LogP contribution in [-0.2, 0) is 17.8 Å². The molecule has 0 radical (unpaired) electrons. The molecule has 2 aliphatic rings. The van der Waals surface area contributed by atoms with E-state index in [-0.39, 0.29) is 11.8 Å². The molecule has 0 saturated carbocycles. The SMILES string of the molecule is CNC(=O)c1cc2c(s1)CCN(C(=O)[C@H]1CCN1C(=O)O)C2. The summed E-state index contributed by atoms with van der Waals surface area (Å²) in [5.74, 6) is -0.250. The number of carbonyl (C=O) groups is 3. The lowest BCUT2D eigenvalue weighted by Gasteiger charge is -2.41. The van der Waals surface area contributed by atoms with Crippen LogP contribution in [0.2, 0.25) is 0 Å². The lowest BCUT2D eigenvalue weighted by molar-refractivity contribution is -0.141. The maximum Gasteiger partial charge on any atom is 0.407 e. The van der Waals surface area contributed by atoms with Gasteiger partial charge in [-0.2, -0.15) is 0 Å². The zero-order valence-corrected chi connectivity index (χ0v) is 13.0. The molecule has 1 saturated heterocycles. The van der Waals surface area contributed by atoms with Crippen molar-refractivity contribution in [2.24, 2.45) is 0 Å². The molecule has 7 nitrogen and oxygen atoms in total. The van der Waals surface area contributed by atoms with Gasteiger partial charge in [-0.3, -0.25) is 14.5 Å². The van der Waals surface area contributed by atoms with E-state index >= 15 is 0 Å². The Morgan fingerprint density at radius 3 is 2.73 bits per heavy atom. The second-order valence-corrected chi connectivity index (χ2v) is 6.57. The van der Waals surface area contributed by atoms with Crippen LogP contribution in [0.5, 0.6) is 0 Å². The number of likely N-dealkylation sites (tertiary alicyclic amines) is 1. The first-order valence-corrected chi connectivity index (χ1v) is 7.95. The van der Waals surface area contributed by atoms with E-state index in [1.165, 1.54) is 16.2 Å². The molecule has 2 aliphatic heterocycles. The van der Waals surface area contributed by atoms with E-state index in [0.29, 0.717) is 37.4 Å². The van der Waals surface area contributed by atoms with Gasteiger partial charge in [0, 0.05) is 31.6 Å². The van der Waals surface area contributed by atoms with Crippen LogP contribution in [0, 0.1) is 0 Å². The summed E-state index contributed by atoms with van der Waals surface area (Å²) in [6.45, 7) is 1.44. The second kappa shape index (κ2) is 5.60. The zero-order chi connectivity index (χ0) is 15.9. The second-order valence-electron chi connectivity index (χ2n) is 5.43. The van der Waals surface area contributed by atoms with Gasteiger partial charge in [-0.25, -0.2) is 4.79 Å². The van der Waals surface area contributed by atoms with E-state index in [1.54, 1.807) is 11.9 Å². The van der Waals surface area contributed by atoms with Crippen molar-refractivity contribution in [3.8, 4) is 0 Å². The summed E-state index contributed by atoms with van der Waals surface area (Å²) in [6.07, 6.45) is 0.254. The molecule has 8 heteroatoms. The molecule has 0 spiro atoms. The van der Waals surface area contributed by atoms with Gasteiger partial charge in [-0.05, 0) is 24.5 Å². The molecule has 0 aromatic carbocycles. The fraction of sp³-hybridized carbons (Fsp3) is 0.500. The Morgan fingerprint density at radius 1 is 1.36 bits per heavy atom. The maximum absolute atomic E-state index is 12.4. The molecule has 0 aliphatic carbocycles. The van der Waals surface area contributed by atoms with Crippen molar-refractivity contribution < 1.29 is 19.5 Å². The number of hydrogen-bond donors (Lipinski definition) is 2. The van der Waals surface area contributed by atoms with E-state index in [1.807, 2.05) is 6.07 Å². The van der Waals surface area contributed by atoms with Crippen LogP contribution in [0.3, 0.4) is 0 Å². The van der Waals surface area contributed by atoms with Crippen molar-refractivity contribution >= 4 is 29.2 Å². The summed E-state index contributed by atoms with van der Waals surface area (Å²) < 4.78 is 0. The van der Waals surface area contributed by atoms with Gasteiger partial charge in [0.15, 0.2) is 0 Å². The molecule has 22 heavy (non-hydrogen) atoms. The lowest BCUT2D eigenvalue weighted by Crippen LogP contribution is -2.59. The van der Waals surface area contributed by atoms with Crippen LogP contribution in [0.25, 0.3) is 0 Å². The van der Waals surface area contributed by atoms with E-state index in [4.69, 9.17) is 5.11 Å². The highest BCUT2D eigenvalue weighted by Gasteiger charge is 2.40. The third-order valence-corrected chi connectivity index (χ3v) is 5.42. The number of nitrogens with one attached hydrogen (secondary N) is 1. The predicted molar refractivity (Wildman–Crippen MR) is 80.0 cm³/mol. The number of fused-ring (bicyclic) bond motifs is 1. The van der Waals surface area contributed by atoms with E-state index in [9.17, 15) is 14.4 Å². The Morgan fingerprint density at radius 2 is 2.14 bits per heavy atom. The number of carbonyl (C=O) groups excluding carboxylic acids is 2. The van der Waals surface area contributed by atoms with Gasteiger partial charge in [-0.15, -0.1) is 11.3 Å². The number of carboxylic acid groups (broad SMARTS) is 1. The highest BCUT2D eigenvalue weighted by Crippen LogP contribution is 2.30. The summed E-state index contributed by atoms with van der Waals surface area (Å²) in [4.78, 5) is 39.8. The minimum Gasteiger partial charge on any atom is -0.465 e. The van der Waals surface area contributed by atoms with Crippen molar-refractivity contribution in [3.63, 3.8) is 0 Å². The third-order valence-electron chi connectivity index (χ3n) is 4.18. The van der Waals surface area contributed by atoms with Gasteiger partial charge in [0.2, 0.25) is 5.91 Å². The van der Waals surface area contributed by atoms with Crippen molar-refractivity contribution in [2.75, 3.05) is 20.1 Å². The van der Waals surface area contributed by atoms with Gasteiger partial charge in [0.05, 0.1) is 4.88 Å². The molecule has 118 valence electrons. The summed E-state index contributed by atoms with van der Waals surface area (Å²) in [5.41, 5.74) is 0.990. The van der Waals surface area contributed by atoms with E-state index in [0.717, 1.165) is 10.4 Å². The van der Waals surface area contributed by atoms with E-state index in [2.05, 4.69) is 5.32 Å². The van der Waals surface area contributed by atoms with Crippen LogP contribution >= 0.6 is 11.3 Å². The normalized spacial score (nSPS) is 20.1. The Hall–Kier alpha value is -2.09. The average molecular weight is 323 g/mol. The molecule has 0 bridgehead atoms. The van der Waals surface area contributed by atoms with Crippen molar-refractivity contribution in [3.05, 3.63) is 21.4 Å². The summed E-state index contributed by atoms with van der Waals surface area (Å²) in [6, 6.07) is 1.28. The molecule has 3 amide bonds. The smallest absolute Gasteiger partial charge is 0.407 e. The molecule has 3 rings (SSSR count). The number of thiophene rings is 1. The maximum atomic E-state index is 12.4. The lowest BCUT2D eigenvalue weighted by atomic mass is 10.0. The molecule has 1 atom stereocenters. The van der Waals surface area contributed by atoms with Gasteiger partial charge < -0.3 is 15.3 Å². The largest absolute Gasteiger partial charge is 0.465 e. The number of hydrogen-bond acceptors (Lipinski definition) is 4. The van der Waals surface area contributed by atoms with Crippen LogP contribution in [0.4, 0.5) is 4.79 Å². The van der Waals surface area contributed by atoms with Gasteiger partial charge in [-0.1, -0.05) is 0 Å². The first-order valence-electron chi connectivity index (χ1n) is 7.13. The molecule has 0 unspecified atom stereocenters. The minimum atomic E-state index is -1.04. The number of rotatable bonds is 2. The minimum absolute atomic E-state index is 0.117. The average Bonchev–Trinajstić information content (AvgIpc) is 2.87. The Bertz CT molecular complexity index is 642. The monoisotopic (exact) mass is 323 g/mol. The zero-order valence-electron chi connectivity index (χ0n) is 12.2. The molecular weight excluding hydrogens is 306 g/mol. The molecule has 2 N–H and O–H groups in total. The quantitative estimate of drug-likeness (QED) is 0.840. The molecule has 1 aromatic rings. The number of nitrogens with zero attached hydrogens (tertiary/aromatic N) is 2. The van der Waals surface area contributed by atoms with Crippen LogP contribution in [-0.4, -0.2) is 59.0 Å². The molecule has 1 fully saturated rings. The first kappa shape index (κ1) is 14.8. The Kier molecular flexibility index (Phi) is 3.78. The Labute approximate surface area is 131 Å². The van der Waals surface area contributed by atoms with Crippen LogP contribution < -0.4 is 5.32 Å². The van der Waals surface area contributed by atoms with Crippen LogP contribution in [0.1, 0.15) is 26.5 Å². The topological polar surface area (TPSA) is 90.0 Å².